The lowest BCUT2D eigenvalue weighted by Gasteiger charge is -2.37. The Labute approximate surface area is 104 Å². The van der Waals surface area contributed by atoms with Gasteiger partial charge in [-0.15, -0.1) is 0 Å². The maximum atomic E-state index is 13.7. The number of hydrogen-bond acceptors (Lipinski definition) is 0. The molecule has 116 valence electrons. The van der Waals surface area contributed by atoms with E-state index < -0.39 is 49.6 Å². The molecular weight excluding hydrogens is 291 g/mol. The average molecular weight is 304 g/mol. The third-order valence-electron chi connectivity index (χ3n) is 2.80. The van der Waals surface area contributed by atoms with E-state index in [1.165, 1.54) is 6.92 Å². The maximum Gasteiger partial charge on any atom is 0.425 e. The van der Waals surface area contributed by atoms with E-state index in [0.29, 0.717) is 0 Å². The van der Waals surface area contributed by atoms with Crippen molar-refractivity contribution in [2.75, 3.05) is 0 Å². The van der Waals surface area contributed by atoms with Gasteiger partial charge in [-0.1, -0.05) is 19.8 Å². The molecule has 0 rings (SSSR count). The van der Waals surface area contributed by atoms with Crippen molar-refractivity contribution in [2.24, 2.45) is 0 Å². The molecule has 19 heavy (non-hydrogen) atoms. The summed E-state index contributed by atoms with van der Waals surface area (Å²) in [6.07, 6.45) is -18.4. The first-order chi connectivity index (χ1) is 8.22. The van der Waals surface area contributed by atoms with Gasteiger partial charge in [-0.3, -0.25) is 0 Å². The summed E-state index contributed by atoms with van der Waals surface area (Å²) in [6.45, 7) is 0.895. The standard InChI is InChI=1S/C10H13F9/c1-3-4-5-8(13,10(17,18)19)6(11)7(2,12)9(14,15)16/h6H,3-5H2,1-2H3. The van der Waals surface area contributed by atoms with Crippen LogP contribution in [0.1, 0.15) is 33.1 Å². The van der Waals surface area contributed by atoms with Gasteiger partial charge in [-0.05, 0) is 13.3 Å². The van der Waals surface area contributed by atoms with E-state index >= 15 is 0 Å². The first-order valence-electron chi connectivity index (χ1n) is 5.37. The maximum absolute atomic E-state index is 13.7. The molecule has 0 aliphatic heterocycles. The Morgan fingerprint density at radius 2 is 1.26 bits per heavy atom. The van der Waals surface area contributed by atoms with Crippen LogP contribution in [0.25, 0.3) is 0 Å². The summed E-state index contributed by atoms with van der Waals surface area (Å²) in [7, 11) is 0. The van der Waals surface area contributed by atoms with Gasteiger partial charge in [0.15, 0.2) is 6.17 Å². The number of hydrogen-bond donors (Lipinski definition) is 0. The van der Waals surface area contributed by atoms with Gasteiger partial charge in [0.1, 0.15) is 0 Å². The quantitative estimate of drug-likeness (QED) is 0.622. The normalized spacial score (nSPS) is 21.6. The molecular formula is C10H13F9. The van der Waals surface area contributed by atoms with Crippen LogP contribution in [0.5, 0.6) is 0 Å². The molecule has 0 saturated heterocycles. The van der Waals surface area contributed by atoms with Crippen LogP contribution in [0.2, 0.25) is 0 Å². The van der Waals surface area contributed by atoms with Crippen molar-refractivity contribution in [1.82, 2.24) is 0 Å². The van der Waals surface area contributed by atoms with E-state index in [2.05, 4.69) is 0 Å². The topological polar surface area (TPSA) is 0 Å². The summed E-state index contributed by atoms with van der Waals surface area (Å²) in [6, 6.07) is 0. The molecule has 0 aromatic rings. The van der Waals surface area contributed by atoms with E-state index in [-0.39, 0.29) is 6.42 Å². The minimum atomic E-state index is -5.94. The smallest absolute Gasteiger partial charge is 0.240 e. The molecule has 0 bridgehead atoms. The minimum absolute atomic E-state index is 0.0104. The van der Waals surface area contributed by atoms with E-state index in [4.69, 9.17) is 0 Å². The Bertz CT molecular complexity index is 290. The summed E-state index contributed by atoms with van der Waals surface area (Å²) in [4.78, 5) is 0. The van der Waals surface area contributed by atoms with Gasteiger partial charge in [0, 0.05) is 0 Å². The largest absolute Gasteiger partial charge is 0.425 e. The van der Waals surface area contributed by atoms with Gasteiger partial charge >= 0.3 is 12.4 Å². The van der Waals surface area contributed by atoms with Crippen LogP contribution >= 0.6 is 0 Å². The van der Waals surface area contributed by atoms with Gasteiger partial charge in [0.25, 0.3) is 0 Å². The lowest BCUT2D eigenvalue weighted by atomic mass is 9.83. The third kappa shape index (κ3) is 3.47. The van der Waals surface area contributed by atoms with Crippen molar-refractivity contribution in [3.8, 4) is 0 Å². The second-order valence-electron chi connectivity index (χ2n) is 4.40. The zero-order valence-electron chi connectivity index (χ0n) is 10.1. The van der Waals surface area contributed by atoms with Gasteiger partial charge in [-0.25, -0.2) is 13.2 Å². The first-order valence-corrected chi connectivity index (χ1v) is 5.37. The van der Waals surface area contributed by atoms with E-state index in [0.717, 1.165) is 0 Å². The molecule has 0 aromatic heterocycles. The highest BCUT2D eigenvalue weighted by atomic mass is 19.4. The second-order valence-corrected chi connectivity index (χ2v) is 4.40. The number of unbranched alkanes of at least 4 members (excludes halogenated alkanes) is 1. The summed E-state index contributed by atoms with van der Waals surface area (Å²) in [5.41, 5.74) is -9.80. The van der Waals surface area contributed by atoms with Crippen LogP contribution in [-0.4, -0.2) is 29.9 Å². The molecule has 0 heterocycles. The van der Waals surface area contributed by atoms with Gasteiger partial charge in [-0.2, -0.15) is 26.3 Å². The van der Waals surface area contributed by atoms with Crippen LogP contribution in [0.3, 0.4) is 0 Å². The van der Waals surface area contributed by atoms with E-state index in [1.54, 1.807) is 0 Å². The number of rotatable bonds is 5. The predicted octanol–water partition coefficient (Wildman–Crippen LogP) is 5.08. The summed E-state index contributed by atoms with van der Waals surface area (Å²) in [5, 5.41) is 0. The van der Waals surface area contributed by atoms with Crippen molar-refractivity contribution in [2.45, 2.75) is 63.0 Å². The molecule has 0 amide bonds. The molecule has 0 aliphatic rings. The molecule has 3 unspecified atom stereocenters. The highest BCUT2D eigenvalue weighted by Gasteiger charge is 2.72. The van der Waals surface area contributed by atoms with Crippen molar-refractivity contribution in [3.05, 3.63) is 0 Å². The summed E-state index contributed by atoms with van der Waals surface area (Å²) in [5.74, 6) is 0. The highest BCUT2D eigenvalue weighted by Crippen LogP contribution is 2.50. The van der Waals surface area contributed by atoms with E-state index in [9.17, 15) is 39.5 Å². The number of halogens is 9. The Morgan fingerprint density at radius 3 is 1.53 bits per heavy atom. The summed E-state index contributed by atoms with van der Waals surface area (Å²) < 4.78 is 114. The Kier molecular flexibility index (Phi) is 5.22. The molecule has 0 spiro atoms. The van der Waals surface area contributed by atoms with Crippen LogP contribution in [0.4, 0.5) is 39.5 Å². The van der Waals surface area contributed by atoms with Crippen molar-refractivity contribution >= 4 is 0 Å². The molecule has 3 atom stereocenters. The minimum Gasteiger partial charge on any atom is -0.240 e. The van der Waals surface area contributed by atoms with Crippen molar-refractivity contribution < 1.29 is 39.5 Å². The Morgan fingerprint density at radius 1 is 0.842 bits per heavy atom. The van der Waals surface area contributed by atoms with Crippen molar-refractivity contribution in [1.29, 1.82) is 0 Å². The third-order valence-corrected chi connectivity index (χ3v) is 2.80. The van der Waals surface area contributed by atoms with E-state index in [1.807, 2.05) is 0 Å². The van der Waals surface area contributed by atoms with Crippen LogP contribution in [0.15, 0.2) is 0 Å². The Hall–Kier alpha value is -0.630. The molecule has 0 fully saturated rings. The average Bonchev–Trinajstić information content (AvgIpc) is 2.21. The zero-order chi connectivity index (χ0) is 15.7. The fraction of sp³-hybridized carbons (Fsp3) is 1.00. The Balaban J connectivity index is 5.52. The van der Waals surface area contributed by atoms with Crippen LogP contribution < -0.4 is 0 Å². The summed E-state index contributed by atoms with van der Waals surface area (Å²) >= 11 is 0. The fourth-order valence-corrected chi connectivity index (χ4v) is 1.42. The van der Waals surface area contributed by atoms with Crippen molar-refractivity contribution in [3.63, 3.8) is 0 Å². The fourth-order valence-electron chi connectivity index (χ4n) is 1.42. The van der Waals surface area contributed by atoms with Gasteiger partial charge in [0.2, 0.25) is 11.3 Å². The molecule has 0 saturated carbocycles. The lowest BCUT2D eigenvalue weighted by Crippen LogP contribution is -2.61. The van der Waals surface area contributed by atoms with Crippen LogP contribution in [-0.2, 0) is 0 Å². The van der Waals surface area contributed by atoms with Gasteiger partial charge in [0.05, 0.1) is 0 Å². The molecule has 0 N–H and O–H groups in total. The number of alkyl halides is 9. The second kappa shape index (κ2) is 5.40. The first kappa shape index (κ1) is 18.4. The molecule has 0 nitrogen and oxygen atoms in total. The predicted molar refractivity (Wildman–Crippen MR) is 49.9 cm³/mol. The molecule has 0 aliphatic carbocycles. The van der Waals surface area contributed by atoms with Gasteiger partial charge < -0.3 is 0 Å². The highest BCUT2D eigenvalue weighted by molar-refractivity contribution is 5.05. The molecule has 0 aromatic carbocycles. The monoisotopic (exact) mass is 304 g/mol. The molecule has 9 heteroatoms. The lowest BCUT2D eigenvalue weighted by molar-refractivity contribution is -0.306. The zero-order valence-corrected chi connectivity index (χ0v) is 10.1. The SMILES string of the molecule is CCCCC(F)(C(F)C(C)(F)C(F)(F)F)C(F)(F)F. The van der Waals surface area contributed by atoms with Crippen LogP contribution in [0, 0.1) is 0 Å². The molecule has 0 radical (unpaired) electrons.